The summed E-state index contributed by atoms with van der Waals surface area (Å²) in [5, 5.41) is 0. The molecule has 0 aromatic rings. The maximum atomic E-state index is 10.8. The number of rotatable bonds is 3. The normalized spacial score (nSPS) is 16.3. The SMILES string of the molecule is CC(C[P+](=O)S)CC(C)(C)C. The van der Waals surface area contributed by atoms with Gasteiger partial charge in [-0.3, -0.25) is 0 Å². The van der Waals surface area contributed by atoms with Crippen molar-refractivity contribution in [1.82, 2.24) is 0 Å². The minimum atomic E-state index is -1.25. The van der Waals surface area contributed by atoms with Crippen LogP contribution in [0.3, 0.4) is 0 Å². The van der Waals surface area contributed by atoms with Crippen molar-refractivity contribution in [1.29, 1.82) is 0 Å². The van der Waals surface area contributed by atoms with Crippen LogP contribution in [0.1, 0.15) is 34.1 Å². The second-order valence-corrected chi connectivity index (χ2v) is 6.81. The second kappa shape index (κ2) is 4.47. The molecule has 66 valence electrons. The van der Waals surface area contributed by atoms with Gasteiger partial charge in [0.05, 0.1) is 0 Å². The van der Waals surface area contributed by atoms with Crippen molar-refractivity contribution in [3.05, 3.63) is 0 Å². The first-order chi connectivity index (χ1) is 4.81. The summed E-state index contributed by atoms with van der Waals surface area (Å²) in [7, 11) is -1.25. The summed E-state index contributed by atoms with van der Waals surface area (Å²) in [5.74, 6) is 0.524. The molecule has 0 aromatic heterocycles. The topological polar surface area (TPSA) is 17.1 Å². The zero-order chi connectivity index (χ0) is 9.07. The molecular weight excluding hydrogens is 175 g/mol. The Morgan fingerprint density at radius 2 is 1.91 bits per heavy atom. The standard InChI is InChI=1S/C8H17OPS/c1-7(6-10(9)11)5-8(2,3)4/h7H,5-6H2,1-4H3/p+1. The average molecular weight is 193 g/mol. The fraction of sp³-hybridized carbons (Fsp3) is 1.00. The molecule has 2 atom stereocenters. The molecular formula is C8H18OPS+. The highest BCUT2D eigenvalue weighted by molar-refractivity contribution is 8.40. The van der Waals surface area contributed by atoms with Gasteiger partial charge in [0.25, 0.3) is 0 Å². The molecule has 2 unspecified atom stereocenters. The number of hydrogen-bond donors (Lipinski definition) is 1. The Hall–Kier alpha value is 0.450. The van der Waals surface area contributed by atoms with Gasteiger partial charge in [0.15, 0.2) is 6.16 Å². The Labute approximate surface area is 75.9 Å². The van der Waals surface area contributed by atoms with E-state index in [9.17, 15) is 4.57 Å². The van der Waals surface area contributed by atoms with Crippen LogP contribution in [-0.4, -0.2) is 6.16 Å². The van der Waals surface area contributed by atoms with E-state index in [1.165, 1.54) is 0 Å². The predicted molar refractivity (Wildman–Crippen MR) is 54.7 cm³/mol. The van der Waals surface area contributed by atoms with Crippen molar-refractivity contribution < 1.29 is 4.57 Å². The third-order valence-corrected chi connectivity index (χ3v) is 2.85. The first-order valence-electron chi connectivity index (χ1n) is 3.95. The maximum absolute atomic E-state index is 10.8. The Kier molecular flexibility index (Phi) is 4.65. The van der Waals surface area contributed by atoms with Crippen LogP contribution in [-0.2, 0) is 4.57 Å². The van der Waals surface area contributed by atoms with Crippen LogP contribution in [0, 0.1) is 11.3 Å². The van der Waals surface area contributed by atoms with Gasteiger partial charge in [0, 0.05) is 5.92 Å². The Morgan fingerprint density at radius 3 is 2.18 bits per heavy atom. The van der Waals surface area contributed by atoms with Crippen molar-refractivity contribution in [3.8, 4) is 0 Å². The van der Waals surface area contributed by atoms with Crippen molar-refractivity contribution >= 4 is 19.3 Å². The number of hydrogen-bond acceptors (Lipinski definition) is 1. The van der Waals surface area contributed by atoms with Crippen molar-refractivity contribution in [3.63, 3.8) is 0 Å². The molecule has 3 heteroatoms. The van der Waals surface area contributed by atoms with E-state index in [4.69, 9.17) is 0 Å². The summed E-state index contributed by atoms with van der Waals surface area (Å²) in [5.41, 5.74) is 0.346. The third-order valence-electron chi connectivity index (χ3n) is 1.43. The van der Waals surface area contributed by atoms with Gasteiger partial charge in [-0.15, -0.1) is 0 Å². The summed E-state index contributed by atoms with van der Waals surface area (Å²) in [6, 6.07) is 0. The quantitative estimate of drug-likeness (QED) is 0.534. The van der Waals surface area contributed by atoms with E-state index in [2.05, 4.69) is 39.9 Å². The summed E-state index contributed by atoms with van der Waals surface area (Å²) in [4.78, 5) is 0. The summed E-state index contributed by atoms with van der Waals surface area (Å²) >= 11 is 3.90. The molecule has 0 radical (unpaired) electrons. The average Bonchev–Trinajstić information content (AvgIpc) is 1.53. The Balaban J connectivity index is 3.69. The summed E-state index contributed by atoms with van der Waals surface area (Å²) < 4.78 is 10.8. The van der Waals surface area contributed by atoms with Gasteiger partial charge < -0.3 is 0 Å². The molecule has 0 rings (SSSR count). The minimum absolute atomic E-state index is 0.346. The lowest BCUT2D eigenvalue weighted by Crippen LogP contribution is -2.12. The monoisotopic (exact) mass is 193 g/mol. The molecule has 0 aliphatic carbocycles. The fourth-order valence-corrected chi connectivity index (χ4v) is 2.88. The molecule has 0 aliphatic heterocycles. The minimum Gasteiger partial charge on any atom is -0.0602 e. The van der Waals surface area contributed by atoms with Crippen LogP contribution in [0.15, 0.2) is 0 Å². The molecule has 0 saturated heterocycles. The zero-order valence-electron chi connectivity index (χ0n) is 7.79. The first kappa shape index (κ1) is 11.4. The van der Waals surface area contributed by atoms with Crippen LogP contribution in [0.4, 0.5) is 0 Å². The molecule has 0 heterocycles. The first-order valence-corrected chi connectivity index (χ1v) is 6.54. The molecule has 0 aliphatic rings. The van der Waals surface area contributed by atoms with Crippen LogP contribution in [0.25, 0.3) is 0 Å². The predicted octanol–water partition coefficient (Wildman–Crippen LogP) is 3.73. The van der Waals surface area contributed by atoms with E-state index in [-0.39, 0.29) is 0 Å². The lowest BCUT2D eigenvalue weighted by Gasteiger charge is -2.20. The fourth-order valence-electron chi connectivity index (χ4n) is 1.38. The highest BCUT2D eigenvalue weighted by atomic mass is 32.7. The molecule has 0 saturated carbocycles. The van der Waals surface area contributed by atoms with Crippen LogP contribution in [0.2, 0.25) is 0 Å². The maximum Gasteiger partial charge on any atom is 0.407 e. The van der Waals surface area contributed by atoms with Gasteiger partial charge in [-0.2, -0.15) is 0 Å². The van der Waals surface area contributed by atoms with E-state index in [0.717, 1.165) is 12.6 Å². The van der Waals surface area contributed by atoms with Gasteiger partial charge in [-0.1, -0.05) is 32.3 Å². The van der Waals surface area contributed by atoms with Crippen molar-refractivity contribution in [2.45, 2.75) is 34.1 Å². The van der Waals surface area contributed by atoms with E-state index >= 15 is 0 Å². The lowest BCUT2D eigenvalue weighted by molar-refractivity contribution is 0.322. The second-order valence-electron chi connectivity index (χ2n) is 4.40. The van der Waals surface area contributed by atoms with Gasteiger partial charge in [0.1, 0.15) is 12.2 Å². The molecule has 11 heavy (non-hydrogen) atoms. The smallest absolute Gasteiger partial charge is 0.0602 e. The third kappa shape index (κ3) is 8.36. The molecule has 0 spiro atoms. The van der Waals surface area contributed by atoms with Crippen LogP contribution < -0.4 is 0 Å². The molecule has 0 bridgehead atoms. The highest BCUT2D eigenvalue weighted by Crippen LogP contribution is 2.33. The van der Waals surface area contributed by atoms with Gasteiger partial charge in [0.2, 0.25) is 0 Å². The molecule has 0 N–H and O–H groups in total. The molecule has 0 amide bonds. The summed E-state index contributed by atoms with van der Waals surface area (Å²) in [6.07, 6.45) is 1.87. The van der Waals surface area contributed by atoms with Gasteiger partial charge in [-0.25, -0.2) is 0 Å². The van der Waals surface area contributed by atoms with E-state index in [1.807, 2.05) is 0 Å². The molecule has 0 fully saturated rings. The van der Waals surface area contributed by atoms with E-state index < -0.39 is 7.00 Å². The Bertz CT molecular complexity index is 140. The Morgan fingerprint density at radius 1 is 1.45 bits per heavy atom. The van der Waals surface area contributed by atoms with Crippen molar-refractivity contribution in [2.75, 3.05) is 6.16 Å². The molecule has 0 aromatic carbocycles. The largest absolute Gasteiger partial charge is 0.407 e. The van der Waals surface area contributed by atoms with Crippen molar-refractivity contribution in [2.24, 2.45) is 11.3 Å². The number of thiol groups is 1. The van der Waals surface area contributed by atoms with Gasteiger partial charge in [-0.05, 0) is 11.8 Å². The summed E-state index contributed by atoms with van der Waals surface area (Å²) in [6.45, 7) is 8.74. The van der Waals surface area contributed by atoms with Gasteiger partial charge >= 0.3 is 7.00 Å². The van der Waals surface area contributed by atoms with Crippen LogP contribution in [0.5, 0.6) is 0 Å². The zero-order valence-corrected chi connectivity index (χ0v) is 9.58. The van der Waals surface area contributed by atoms with Crippen LogP contribution >= 0.6 is 19.3 Å². The van der Waals surface area contributed by atoms with E-state index in [0.29, 0.717) is 11.3 Å². The molecule has 1 nitrogen and oxygen atoms in total. The highest BCUT2D eigenvalue weighted by Gasteiger charge is 2.21. The lowest BCUT2D eigenvalue weighted by atomic mass is 9.86. The van der Waals surface area contributed by atoms with E-state index in [1.54, 1.807) is 0 Å².